The van der Waals surface area contributed by atoms with Crippen LogP contribution in [0.15, 0.2) is 66.7 Å². The maximum Gasteiger partial charge on any atom is 0.117 e. The molecule has 0 amide bonds. The topological polar surface area (TPSA) is 44.9 Å². The first kappa shape index (κ1) is 14.5. The van der Waals surface area contributed by atoms with E-state index >= 15 is 0 Å². The van der Waals surface area contributed by atoms with E-state index in [1.807, 2.05) is 24.3 Å². The number of aromatic hydroxyl groups is 2. The number of hydrogen-bond donors (Lipinski definition) is 2. The van der Waals surface area contributed by atoms with Crippen LogP contribution in [0.25, 0.3) is 58.3 Å². The first-order valence-electron chi connectivity index (χ1n) is 9.15. The molecule has 0 aliphatic heterocycles. The Bertz CT molecular complexity index is 1740. The van der Waals surface area contributed by atoms with Crippen molar-refractivity contribution < 1.29 is 10.2 Å². The van der Waals surface area contributed by atoms with Crippen molar-refractivity contribution in [3.8, 4) is 11.5 Å². The number of thiophene rings is 1. The number of nitrogens with zero attached hydrogens (tertiary/aromatic N) is 1. The monoisotopic (exact) mass is 379 g/mol. The lowest BCUT2D eigenvalue weighted by Gasteiger charge is -2.01. The van der Waals surface area contributed by atoms with Crippen LogP contribution in [0, 0.1) is 0 Å². The summed E-state index contributed by atoms with van der Waals surface area (Å²) in [5.74, 6) is 0.577. The predicted octanol–water partition coefficient (Wildman–Crippen LogP) is 6.62. The second kappa shape index (κ2) is 4.66. The van der Waals surface area contributed by atoms with E-state index in [-0.39, 0.29) is 5.75 Å². The summed E-state index contributed by atoms with van der Waals surface area (Å²) < 4.78 is 3.44. The molecule has 2 N–H and O–H groups in total. The molecule has 28 heavy (non-hydrogen) atoms. The van der Waals surface area contributed by atoms with Gasteiger partial charge in [0.2, 0.25) is 0 Å². The Balaban J connectivity index is 1.81. The van der Waals surface area contributed by atoms with Crippen molar-refractivity contribution in [2.45, 2.75) is 0 Å². The Morgan fingerprint density at radius 2 is 1.50 bits per heavy atom. The standard InChI is InChI=1S/C24H13NO2S/c26-14-5-4-12-9-19-16-2-1-3-18-22-17-7-6-15(27)11-21(17)28-24(22)25(23(16)18)20(19)10-13(12)8-14/h1-11,26-27H. The number of hydrogen-bond acceptors (Lipinski definition) is 3. The molecule has 3 nitrogen and oxygen atoms in total. The highest BCUT2D eigenvalue weighted by atomic mass is 32.1. The van der Waals surface area contributed by atoms with Gasteiger partial charge in [0.05, 0.1) is 11.0 Å². The molecule has 3 heterocycles. The molecule has 0 bridgehead atoms. The smallest absolute Gasteiger partial charge is 0.117 e. The van der Waals surface area contributed by atoms with E-state index in [1.54, 1.807) is 23.5 Å². The van der Waals surface area contributed by atoms with Gasteiger partial charge < -0.3 is 10.2 Å². The number of aromatic nitrogens is 1. The molecule has 0 spiro atoms. The Labute approximate surface area is 162 Å². The van der Waals surface area contributed by atoms with Crippen LogP contribution in [0.3, 0.4) is 0 Å². The minimum atomic E-state index is 0.281. The third-order valence-corrected chi connectivity index (χ3v) is 6.99. The average Bonchev–Trinajstić information content (AvgIpc) is 3.30. The summed E-state index contributed by atoms with van der Waals surface area (Å²) in [4.78, 5) is 1.20. The van der Waals surface area contributed by atoms with E-state index < -0.39 is 0 Å². The van der Waals surface area contributed by atoms with E-state index in [4.69, 9.17) is 0 Å². The van der Waals surface area contributed by atoms with Gasteiger partial charge in [-0.3, -0.25) is 4.40 Å². The minimum Gasteiger partial charge on any atom is -0.508 e. The van der Waals surface area contributed by atoms with E-state index in [9.17, 15) is 10.2 Å². The number of para-hydroxylation sites is 1. The van der Waals surface area contributed by atoms with Crippen LogP contribution in [0.1, 0.15) is 0 Å². The highest BCUT2D eigenvalue weighted by Gasteiger charge is 2.21. The van der Waals surface area contributed by atoms with Gasteiger partial charge in [0.1, 0.15) is 16.3 Å². The lowest BCUT2D eigenvalue weighted by molar-refractivity contribution is 0.475. The number of benzene rings is 4. The fourth-order valence-electron chi connectivity index (χ4n) is 4.70. The van der Waals surface area contributed by atoms with Gasteiger partial charge in [0, 0.05) is 31.6 Å². The van der Waals surface area contributed by atoms with E-state index in [2.05, 4.69) is 34.7 Å². The molecule has 0 saturated heterocycles. The van der Waals surface area contributed by atoms with Crippen LogP contribution in [0.2, 0.25) is 0 Å². The molecule has 0 radical (unpaired) electrons. The van der Waals surface area contributed by atoms with Crippen LogP contribution in [0.5, 0.6) is 11.5 Å². The van der Waals surface area contributed by atoms with Gasteiger partial charge in [0.25, 0.3) is 0 Å². The van der Waals surface area contributed by atoms with Gasteiger partial charge in [-0.05, 0) is 53.2 Å². The summed E-state index contributed by atoms with van der Waals surface area (Å²) in [5.41, 5.74) is 2.39. The van der Waals surface area contributed by atoms with E-state index in [0.717, 1.165) is 21.0 Å². The Morgan fingerprint density at radius 3 is 2.43 bits per heavy atom. The van der Waals surface area contributed by atoms with Gasteiger partial charge in [-0.2, -0.15) is 0 Å². The highest BCUT2D eigenvalue weighted by molar-refractivity contribution is 7.25. The second-order valence-corrected chi connectivity index (χ2v) is 8.43. The van der Waals surface area contributed by atoms with E-state index in [0.29, 0.717) is 5.75 Å². The molecule has 4 heteroatoms. The Morgan fingerprint density at radius 1 is 0.679 bits per heavy atom. The van der Waals surface area contributed by atoms with Crippen LogP contribution in [-0.4, -0.2) is 14.6 Å². The molecule has 7 aromatic rings. The molecule has 7 rings (SSSR count). The molecule has 0 aliphatic rings. The van der Waals surface area contributed by atoms with Crippen molar-refractivity contribution in [2.75, 3.05) is 0 Å². The van der Waals surface area contributed by atoms with Crippen LogP contribution in [0.4, 0.5) is 0 Å². The summed E-state index contributed by atoms with van der Waals surface area (Å²) in [6, 6.07) is 22.0. The minimum absolute atomic E-state index is 0.281. The molecule has 3 aromatic heterocycles. The number of phenolic OH excluding ortho intramolecular Hbond substituents is 2. The lowest BCUT2D eigenvalue weighted by Crippen LogP contribution is -1.79. The van der Waals surface area contributed by atoms with Gasteiger partial charge in [-0.25, -0.2) is 0 Å². The number of phenols is 2. The fraction of sp³-hybridized carbons (Fsp3) is 0. The third kappa shape index (κ3) is 1.60. The predicted molar refractivity (Wildman–Crippen MR) is 117 cm³/mol. The zero-order valence-corrected chi connectivity index (χ0v) is 15.4. The summed E-state index contributed by atoms with van der Waals surface area (Å²) in [6.45, 7) is 0. The van der Waals surface area contributed by atoms with Gasteiger partial charge in [-0.15, -0.1) is 11.3 Å². The summed E-state index contributed by atoms with van der Waals surface area (Å²) in [6.07, 6.45) is 0. The van der Waals surface area contributed by atoms with Crippen molar-refractivity contribution >= 4 is 69.6 Å². The summed E-state index contributed by atoms with van der Waals surface area (Å²) in [7, 11) is 0. The fourth-order valence-corrected chi connectivity index (χ4v) is 5.97. The van der Waals surface area contributed by atoms with Crippen molar-refractivity contribution in [2.24, 2.45) is 0 Å². The van der Waals surface area contributed by atoms with Crippen molar-refractivity contribution in [1.82, 2.24) is 4.40 Å². The van der Waals surface area contributed by atoms with Gasteiger partial charge in [-0.1, -0.05) is 24.3 Å². The zero-order valence-electron chi connectivity index (χ0n) is 14.6. The molecular formula is C24H13NO2S. The summed E-state index contributed by atoms with van der Waals surface area (Å²) >= 11 is 1.71. The maximum absolute atomic E-state index is 9.93. The van der Waals surface area contributed by atoms with Gasteiger partial charge in [0.15, 0.2) is 0 Å². The van der Waals surface area contributed by atoms with Crippen molar-refractivity contribution in [1.29, 1.82) is 0 Å². The molecule has 0 saturated carbocycles. The number of rotatable bonds is 0. The zero-order chi connectivity index (χ0) is 18.6. The molecule has 0 unspecified atom stereocenters. The Hall–Kier alpha value is -3.50. The normalized spacial score (nSPS) is 12.6. The molecule has 0 aliphatic carbocycles. The molecular weight excluding hydrogens is 366 g/mol. The first-order chi connectivity index (χ1) is 13.7. The lowest BCUT2D eigenvalue weighted by atomic mass is 10.0. The Kier molecular flexibility index (Phi) is 2.42. The van der Waals surface area contributed by atoms with E-state index in [1.165, 1.54) is 37.3 Å². The highest BCUT2D eigenvalue weighted by Crippen LogP contribution is 2.46. The van der Waals surface area contributed by atoms with Crippen molar-refractivity contribution in [3.63, 3.8) is 0 Å². The van der Waals surface area contributed by atoms with Gasteiger partial charge >= 0.3 is 0 Å². The average molecular weight is 379 g/mol. The summed E-state index contributed by atoms with van der Waals surface area (Å²) in [5, 5.41) is 28.1. The maximum atomic E-state index is 9.93. The second-order valence-electron chi connectivity index (χ2n) is 7.40. The third-order valence-electron chi connectivity index (χ3n) is 5.86. The quantitative estimate of drug-likeness (QED) is 0.311. The molecule has 0 fully saturated rings. The van der Waals surface area contributed by atoms with Crippen LogP contribution in [-0.2, 0) is 0 Å². The largest absolute Gasteiger partial charge is 0.508 e. The molecule has 0 atom stereocenters. The molecule has 4 aromatic carbocycles. The van der Waals surface area contributed by atoms with Crippen LogP contribution >= 0.6 is 11.3 Å². The van der Waals surface area contributed by atoms with Crippen molar-refractivity contribution in [3.05, 3.63) is 66.7 Å². The number of fused-ring (bicyclic) bond motifs is 9. The molecule has 132 valence electrons. The first-order valence-corrected chi connectivity index (χ1v) is 9.97. The van der Waals surface area contributed by atoms with Crippen LogP contribution < -0.4 is 0 Å². The SMILES string of the molecule is Oc1ccc2cc3c4cccc5c6c7ccc(O)cc7sc6n(c3cc2c1)c45.